The number of benzene rings is 1. The molecule has 0 fully saturated rings. The minimum absolute atomic E-state index is 0.0511. The summed E-state index contributed by atoms with van der Waals surface area (Å²) in [7, 11) is 0. The Hall–Kier alpha value is -2.57. The molecule has 0 aliphatic heterocycles. The zero-order valence-corrected chi connectivity index (χ0v) is 15.6. The number of alkyl carbamates (subject to hydrolysis) is 1. The molecule has 0 spiro atoms. The number of thiol groups is 1. The standard InChI is InChI=1S/C16H14F3N3O4S2/c17-16(18,19)10(8-4-2-1-3-5-8)26-15(25)22-12(23)9-6-7-28-14(9)21-13(24)11(20)27/h1-7,10-11,27H,20H2,(H,21,24)(H,22,23,25). The maximum absolute atomic E-state index is 13.2. The zero-order valence-electron chi connectivity index (χ0n) is 13.9. The second-order valence-electron chi connectivity index (χ2n) is 5.29. The number of carbonyl (C=O) groups is 3. The van der Waals surface area contributed by atoms with E-state index in [4.69, 9.17) is 5.73 Å². The molecule has 0 saturated carbocycles. The number of amides is 3. The van der Waals surface area contributed by atoms with Gasteiger partial charge in [-0.15, -0.1) is 11.3 Å². The first-order chi connectivity index (χ1) is 13.1. The molecule has 12 heteroatoms. The molecule has 28 heavy (non-hydrogen) atoms. The van der Waals surface area contributed by atoms with E-state index in [2.05, 4.69) is 22.7 Å². The molecule has 2 unspecified atom stereocenters. The lowest BCUT2D eigenvalue weighted by molar-refractivity contribution is -0.206. The van der Waals surface area contributed by atoms with Crippen LogP contribution in [0.1, 0.15) is 22.0 Å². The van der Waals surface area contributed by atoms with E-state index in [0.717, 1.165) is 23.5 Å². The monoisotopic (exact) mass is 433 g/mol. The lowest BCUT2D eigenvalue weighted by atomic mass is 10.1. The van der Waals surface area contributed by atoms with Gasteiger partial charge in [0.05, 0.1) is 5.56 Å². The highest BCUT2D eigenvalue weighted by Crippen LogP contribution is 2.35. The molecule has 0 saturated heterocycles. The van der Waals surface area contributed by atoms with Crippen LogP contribution in [0.3, 0.4) is 0 Å². The van der Waals surface area contributed by atoms with Crippen molar-refractivity contribution in [1.29, 1.82) is 0 Å². The van der Waals surface area contributed by atoms with Crippen LogP contribution >= 0.6 is 24.0 Å². The summed E-state index contributed by atoms with van der Waals surface area (Å²) in [6.07, 6.45) is -9.03. The minimum atomic E-state index is -4.88. The highest BCUT2D eigenvalue weighted by Gasteiger charge is 2.44. The fourth-order valence-corrected chi connectivity index (χ4v) is 2.87. The molecular formula is C16H14F3N3O4S2. The maximum atomic E-state index is 13.2. The van der Waals surface area contributed by atoms with Crippen LogP contribution < -0.4 is 16.4 Å². The van der Waals surface area contributed by atoms with E-state index in [1.165, 1.54) is 29.6 Å². The minimum Gasteiger partial charge on any atom is -0.431 e. The Morgan fingerprint density at radius 3 is 2.36 bits per heavy atom. The summed E-state index contributed by atoms with van der Waals surface area (Å²) < 4.78 is 44.0. The molecule has 2 aromatic rings. The van der Waals surface area contributed by atoms with Crippen molar-refractivity contribution >= 4 is 46.9 Å². The van der Waals surface area contributed by atoms with Gasteiger partial charge in [-0.3, -0.25) is 14.9 Å². The topological polar surface area (TPSA) is 111 Å². The maximum Gasteiger partial charge on any atom is 0.429 e. The average molecular weight is 433 g/mol. The number of thiophene rings is 1. The fourth-order valence-electron chi connectivity index (χ4n) is 2.02. The van der Waals surface area contributed by atoms with Crippen molar-refractivity contribution in [3.63, 3.8) is 0 Å². The van der Waals surface area contributed by atoms with E-state index in [0.29, 0.717) is 0 Å². The highest BCUT2D eigenvalue weighted by atomic mass is 32.1. The Morgan fingerprint density at radius 2 is 1.79 bits per heavy atom. The zero-order chi connectivity index (χ0) is 20.9. The summed E-state index contributed by atoms with van der Waals surface area (Å²) >= 11 is 4.69. The highest BCUT2D eigenvalue weighted by molar-refractivity contribution is 7.81. The number of carbonyl (C=O) groups excluding carboxylic acids is 3. The number of hydrogen-bond donors (Lipinski definition) is 4. The second-order valence-corrected chi connectivity index (χ2v) is 6.76. The number of alkyl halides is 3. The molecule has 4 N–H and O–H groups in total. The summed E-state index contributed by atoms with van der Waals surface area (Å²) in [5, 5.41) is 4.36. The first-order valence-corrected chi connectivity index (χ1v) is 8.95. The lowest BCUT2D eigenvalue weighted by Gasteiger charge is -2.21. The molecule has 7 nitrogen and oxygen atoms in total. The van der Waals surface area contributed by atoms with Gasteiger partial charge in [-0.1, -0.05) is 30.3 Å². The van der Waals surface area contributed by atoms with Gasteiger partial charge >= 0.3 is 12.3 Å². The van der Waals surface area contributed by atoms with E-state index >= 15 is 0 Å². The number of nitrogens with two attached hydrogens (primary N) is 1. The molecule has 2 atom stereocenters. The number of anilines is 1. The molecule has 0 aliphatic carbocycles. The van der Waals surface area contributed by atoms with Gasteiger partial charge in [-0.05, 0) is 11.4 Å². The van der Waals surface area contributed by atoms with Gasteiger partial charge in [0.1, 0.15) is 10.4 Å². The Kier molecular flexibility index (Phi) is 7.05. The van der Waals surface area contributed by atoms with Crippen LogP contribution in [0, 0.1) is 0 Å². The SMILES string of the molecule is NC(S)C(=O)Nc1sccc1C(=O)NC(=O)OC(c1ccccc1)C(F)(F)F. The van der Waals surface area contributed by atoms with Crippen LogP contribution in [0.4, 0.5) is 23.0 Å². The van der Waals surface area contributed by atoms with Crippen LogP contribution in [0.15, 0.2) is 41.8 Å². The van der Waals surface area contributed by atoms with Crippen LogP contribution in [0.25, 0.3) is 0 Å². The Morgan fingerprint density at radius 1 is 1.14 bits per heavy atom. The van der Waals surface area contributed by atoms with E-state index in [-0.39, 0.29) is 16.1 Å². The van der Waals surface area contributed by atoms with Crippen molar-refractivity contribution < 1.29 is 32.3 Å². The summed E-state index contributed by atoms with van der Waals surface area (Å²) in [6, 6.07) is 7.76. The molecule has 1 heterocycles. The van der Waals surface area contributed by atoms with Crippen molar-refractivity contribution in [2.24, 2.45) is 5.73 Å². The number of hydrogen-bond acceptors (Lipinski definition) is 7. The number of imide groups is 1. The van der Waals surface area contributed by atoms with E-state index in [1.54, 1.807) is 5.32 Å². The Labute approximate surface area is 166 Å². The molecule has 1 aromatic heterocycles. The molecular weight excluding hydrogens is 419 g/mol. The lowest BCUT2D eigenvalue weighted by Crippen LogP contribution is -2.36. The van der Waals surface area contributed by atoms with Gasteiger partial charge < -0.3 is 15.8 Å². The van der Waals surface area contributed by atoms with Crippen LogP contribution in [0.2, 0.25) is 0 Å². The van der Waals surface area contributed by atoms with Crippen molar-refractivity contribution in [2.75, 3.05) is 5.32 Å². The van der Waals surface area contributed by atoms with Crippen molar-refractivity contribution in [2.45, 2.75) is 17.7 Å². The van der Waals surface area contributed by atoms with Crippen molar-refractivity contribution in [1.82, 2.24) is 5.32 Å². The predicted octanol–water partition coefficient (Wildman–Crippen LogP) is 3.07. The first-order valence-electron chi connectivity index (χ1n) is 7.55. The quantitative estimate of drug-likeness (QED) is 0.428. The number of nitrogens with one attached hydrogen (secondary N) is 2. The molecule has 1 aromatic carbocycles. The largest absolute Gasteiger partial charge is 0.431 e. The molecule has 3 amide bonds. The smallest absolute Gasteiger partial charge is 0.429 e. The Balaban J connectivity index is 2.09. The van der Waals surface area contributed by atoms with E-state index in [9.17, 15) is 27.6 Å². The van der Waals surface area contributed by atoms with Crippen LogP contribution in [-0.4, -0.2) is 29.5 Å². The van der Waals surface area contributed by atoms with Gasteiger partial charge in [0.25, 0.3) is 11.8 Å². The Bertz CT molecular complexity index is 856. The van der Waals surface area contributed by atoms with Gasteiger partial charge in [-0.2, -0.15) is 25.8 Å². The summed E-state index contributed by atoms with van der Waals surface area (Å²) in [5.41, 5.74) is 4.84. The van der Waals surface area contributed by atoms with Gasteiger partial charge in [-0.25, -0.2) is 4.79 Å². The van der Waals surface area contributed by atoms with Crippen molar-refractivity contribution in [3.8, 4) is 0 Å². The third-order valence-corrected chi connectivity index (χ3v) is 4.32. The third kappa shape index (κ3) is 5.71. The summed E-state index contributed by atoms with van der Waals surface area (Å²) in [4.78, 5) is 35.6. The second kappa shape index (κ2) is 9.08. The number of halogens is 3. The molecule has 0 aliphatic rings. The van der Waals surface area contributed by atoms with E-state index < -0.39 is 35.6 Å². The van der Waals surface area contributed by atoms with Crippen LogP contribution in [-0.2, 0) is 9.53 Å². The van der Waals surface area contributed by atoms with Crippen LogP contribution in [0.5, 0.6) is 0 Å². The predicted molar refractivity (Wildman–Crippen MR) is 99.1 cm³/mol. The van der Waals surface area contributed by atoms with Gasteiger partial charge in [0.2, 0.25) is 6.10 Å². The van der Waals surface area contributed by atoms with Gasteiger partial charge in [0.15, 0.2) is 0 Å². The summed E-state index contributed by atoms with van der Waals surface area (Å²) in [5.74, 6) is -1.76. The number of rotatable bonds is 5. The fraction of sp³-hybridized carbons (Fsp3) is 0.188. The molecule has 0 bridgehead atoms. The third-order valence-electron chi connectivity index (χ3n) is 3.26. The van der Waals surface area contributed by atoms with Crippen molar-refractivity contribution in [3.05, 3.63) is 52.9 Å². The molecule has 2 rings (SSSR count). The first kappa shape index (κ1) is 21.7. The van der Waals surface area contributed by atoms with Gasteiger partial charge in [0, 0.05) is 5.56 Å². The summed E-state index contributed by atoms with van der Waals surface area (Å²) in [6.45, 7) is 0. The average Bonchev–Trinajstić information content (AvgIpc) is 3.07. The molecule has 0 radical (unpaired) electrons. The molecule has 150 valence electrons. The number of ether oxygens (including phenoxy) is 1. The normalized spacial score (nSPS) is 13.3. The van der Waals surface area contributed by atoms with E-state index in [1.807, 2.05) is 0 Å².